The van der Waals surface area contributed by atoms with Crippen LogP contribution in [-0.4, -0.2) is 56.6 Å². The van der Waals surface area contributed by atoms with E-state index in [-0.39, 0.29) is 12.5 Å². The molecule has 3 N–H and O–H groups in total. The molecule has 0 radical (unpaired) electrons. The van der Waals surface area contributed by atoms with Crippen molar-refractivity contribution in [3.8, 4) is 0 Å². The van der Waals surface area contributed by atoms with Gasteiger partial charge < -0.3 is 20.7 Å². The number of benzene rings is 1. The fourth-order valence-electron chi connectivity index (χ4n) is 1.90. The summed E-state index contributed by atoms with van der Waals surface area (Å²) in [5.74, 6) is -0.565. The van der Waals surface area contributed by atoms with Gasteiger partial charge in [-0.3, -0.25) is 9.59 Å². The third-order valence-corrected chi connectivity index (χ3v) is 3.02. The summed E-state index contributed by atoms with van der Waals surface area (Å²) < 4.78 is 4.85. The topological polar surface area (TPSA) is 84.7 Å². The molecule has 2 unspecified atom stereocenters. The standard InChI is InChI=1S/C15H23N3O3/c1-18(2)15(20)13(9-11-7-5-4-6-8-11)17-14(19)12(16)10-21-3/h4-8,12-13H,9-10,16H2,1-3H3,(H,17,19). The Labute approximate surface area is 125 Å². The van der Waals surface area contributed by atoms with Crippen molar-refractivity contribution in [3.05, 3.63) is 35.9 Å². The Hall–Kier alpha value is -1.92. The summed E-state index contributed by atoms with van der Waals surface area (Å²) in [6, 6.07) is 8.09. The molecule has 0 aliphatic rings. The monoisotopic (exact) mass is 293 g/mol. The Morgan fingerprint density at radius 1 is 1.29 bits per heavy atom. The van der Waals surface area contributed by atoms with E-state index >= 15 is 0 Å². The van der Waals surface area contributed by atoms with Crippen LogP contribution in [0.4, 0.5) is 0 Å². The molecule has 1 rings (SSSR count). The number of rotatable bonds is 7. The van der Waals surface area contributed by atoms with E-state index in [2.05, 4.69) is 5.32 Å². The molecule has 0 saturated heterocycles. The van der Waals surface area contributed by atoms with Crippen molar-refractivity contribution in [1.29, 1.82) is 0 Å². The largest absolute Gasteiger partial charge is 0.383 e. The number of carbonyl (C=O) groups excluding carboxylic acids is 2. The lowest BCUT2D eigenvalue weighted by atomic mass is 10.0. The average Bonchev–Trinajstić information content (AvgIpc) is 2.46. The van der Waals surface area contributed by atoms with Crippen LogP contribution in [0.3, 0.4) is 0 Å². The Morgan fingerprint density at radius 3 is 2.43 bits per heavy atom. The van der Waals surface area contributed by atoms with Gasteiger partial charge in [-0.15, -0.1) is 0 Å². The summed E-state index contributed by atoms with van der Waals surface area (Å²) in [7, 11) is 4.78. The molecule has 0 saturated carbocycles. The third kappa shape index (κ3) is 5.53. The molecule has 0 aliphatic carbocycles. The molecular weight excluding hydrogens is 270 g/mol. The Kier molecular flexibility index (Phi) is 6.84. The van der Waals surface area contributed by atoms with Gasteiger partial charge in [0.05, 0.1) is 6.61 Å². The number of carbonyl (C=O) groups is 2. The minimum absolute atomic E-state index is 0.111. The highest BCUT2D eigenvalue weighted by Gasteiger charge is 2.25. The lowest BCUT2D eigenvalue weighted by Crippen LogP contribution is -2.53. The average molecular weight is 293 g/mol. The van der Waals surface area contributed by atoms with Crippen LogP contribution in [0.1, 0.15) is 5.56 Å². The first-order valence-electron chi connectivity index (χ1n) is 6.75. The first-order chi connectivity index (χ1) is 9.95. The summed E-state index contributed by atoms with van der Waals surface area (Å²) in [5, 5.41) is 2.70. The molecule has 6 heteroatoms. The highest BCUT2D eigenvalue weighted by atomic mass is 16.5. The van der Waals surface area contributed by atoms with Crippen LogP contribution in [0.25, 0.3) is 0 Å². The summed E-state index contributed by atoms with van der Waals surface area (Å²) in [5.41, 5.74) is 6.65. The van der Waals surface area contributed by atoms with E-state index in [0.29, 0.717) is 6.42 Å². The Balaban J connectivity index is 2.78. The van der Waals surface area contributed by atoms with E-state index in [4.69, 9.17) is 10.5 Å². The molecule has 1 aromatic rings. The molecule has 0 bridgehead atoms. The number of nitrogens with one attached hydrogen (secondary N) is 1. The van der Waals surface area contributed by atoms with Crippen LogP contribution < -0.4 is 11.1 Å². The van der Waals surface area contributed by atoms with E-state index in [1.54, 1.807) is 14.1 Å². The van der Waals surface area contributed by atoms with Gasteiger partial charge in [-0.1, -0.05) is 30.3 Å². The number of nitrogens with zero attached hydrogens (tertiary/aromatic N) is 1. The molecule has 21 heavy (non-hydrogen) atoms. The Bertz CT molecular complexity index is 462. The van der Waals surface area contributed by atoms with Crippen LogP contribution in [-0.2, 0) is 20.7 Å². The van der Waals surface area contributed by atoms with Gasteiger partial charge in [0.15, 0.2) is 0 Å². The zero-order valence-corrected chi connectivity index (χ0v) is 12.7. The number of hydrogen-bond donors (Lipinski definition) is 2. The first kappa shape index (κ1) is 17.1. The second-order valence-electron chi connectivity index (χ2n) is 5.05. The van der Waals surface area contributed by atoms with Crippen LogP contribution in [0, 0.1) is 0 Å². The molecular formula is C15H23N3O3. The SMILES string of the molecule is COCC(N)C(=O)NC(Cc1ccccc1)C(=O)N(C)C. The predicted molar refractivity (Wildman–Crippen MR) is 80.6 cm³/mol. The van der Waals surface area contributed by atoms with E-state index in [1.165, 1.54) is 12.0 Å². The fraction of sp³-hybridized carbons (Fsp3) is 0.467. The van der Waals surface area contributed by atoms with Gasteiger partial charge in [-0.05, 0) is 5.56 Å². The minimum atomic E-state index is -0.789. The van der Waals surface area contributed by atoms with Gasteiger partial charge in [0.1, 0.15) is 12.1 Å². The quantitative estimate of drug-likeness (QED) is 0.727. The zero-order valence-electron chi connectivity index (χ0n) is 12.7. The van der Waals surface area contributed by atoms with Gasteiger partial charge in [0.2, 0.25) is 11.8 Å². The first-order valence-corrected chi connectivity index (χ1v) is 6.75. The van der Waals surface area contributed by atoms with Gasteiger partial charge >= 0.3 is 0 Å². The van der Waals surface area contributed by atoms with Crippen molar-refractivity contribution in [2.45, 2.75) is 18.5 Å². The second-order valence-corrected chi connectivity index (χ2v) is 5.05. The number of likely N-dealkylation sites (N-methyl/N-ethyl adjacent to an activating group) is 1. The molecule has 1 aromatic carbocycles. The predicted octanol–water partition coefficient (Wildman–Crippen LogP) is -0.224. The van der Waals surface area contributed by atoms with Crippen molar-refractivity contribution < 1.29 is 14.3 Å². The fourth-order valence-corrected chi connectivity index (χ4v) is 1.90. The molecule has 0 fully saturated rings. The second kappa shape index (κ2) is 8.39. The maximum absolute atomic E-state index is 12.2. The van der Waals surface area contributed by atoms with Gasteiger partial charge in [0.25, 0.3) is 0 Å². The number of amides is 2. The number of hydrogen-bond acceptors (Lipinski definition) is 4. The van der Waals surface area contributed by atoms with Crippen molar-refractivity contribution in [3.63, 3.8) is 0 Å². The van der Waals surface area contributed by atoms with Crippen molar-refractivity contribution in [1.82, 2.24) is 10.2 Å². The summed E-state index contributed by atoms with van der Waals surface area (Å²) in [6.45, 7) is 0.111. The van der Waals surface area contributed by atoms with Gasteiger partial charge in [-0.2, -0.15) is 0 Å². The summed E-state index contributed by atoms with van der Waals surface area (Å²) in [6.07, 6.45) is 0.420. The highest BCUT2D eigenvalue weighted by molar-refractivity contribution is 5.89. The van der Waals surface area contributed by atoms with Crippen LogP contribution >= 0.6 is 0 Å². The lowest BCUT2D eigenvalue weighted by Gasteiger charge is -2.23. The van der Waals surface area contributed by atoms with E-state index in [1.807, 2.05) is 30.3 Å². The molecule has 116 valence electrons. The maximum Gasteiger partial charge on any atom is 0.244 e. The van der Waals surface area contributed by atoms with Crippen LogP contribution in [0.5, 0.6) is 0 Å². The highest BCUT2D eigenvalue weighted by Crippen LogP contribution is 2.05. The van der Waals surface area contributed by atoms with Crippen molar-refractivity contribution >= 4 is 11.8 Å². The van der Waals surface area contributed by atoms with Crippen LogP contribution in [0.2, 0.25) is 0 Å². The lowest BCUT2D eigenvalue weighted by molar-refractivity contribution is -0.135. The minimum Gasteiger partial charge on any atom is -0.383 e. The van der Waals surface area contributed by atoms with Crippen LogP contribution in [0.15, 0.2) is 30.3 Å². The van der Waals surface area contributed by atoms with E-state index in [0.717, 1.165) is 5.56 Å². The maximum atomic E-state index is 12.2. The zero-order chi connectivity index (χ0) is 15.8. The molecule has 0 aliphatic heterocycles. The molecule has 6 nitrogen and oxygen atoms in total. The molecule has 0 heterocycles. The van der Waals surface area contributed by atoms with Crippen molar-refractivity contribution in [2.75, 3.05) is 27.8 Å². The molecule has 2 amide bonds. The molecule has 2 atom stereocenters. The number of ether oxygens (including phenoxy) is 1. The summed E-state index contributed by atoms with van der Waals surface area (Å²) >= 11 is 0. The smallest absolute Gasteiger partial charge is 0.244 e. The van der Waals surface area contributed by atoms with E-state index in [9.17, 15) is 9.59 Å². The van der Waals surface area contributed by atoms with Gasteiger partial charge in [-0.25, -0.2) is 0 Å². The van der Waals surface area contributed by atoms with Crippen molar-refractivity contribution in [2.24, 2.45) is 5.73 Å². The molecule has 0 aromatic heterocycles. The Morgan fingerprint density at radius 2 is 1.90 bits per heavy atom. The normalized spacial score (nSPS) is 13.3. The number of nitrogens with two attached hydrogens (primary N) is 1. The third-order valence-electron chi connectivity index (χ3n) is 3.02. The van der Waals surface area contributed by atoms with Gasteiger partial charge in [0, 0.05) is 27.6 Å². The number of methoxy groups -OCH3 is 1. The molecule has 0 spiro atoms. The van der Waals surface area contributed by atoms with E-state index < -0.39 is 18.0 Å². The summed E-state index contributed by atoms with van der Waals surface area (Å²) in [4.78, 5) is 25.6.